The van der Waals surface area contributed by atoms with Gasteiger partial charge in [-0.25, -0.2) is 9.37 Å². The molecule has 1 fully saturated rings. The molecule has 0 radical (unpaired) electrons. The molecule has 0 saturated heterocycles. The highest BCUT2D eigenvalue weighted by molar-refractivity contribution is 5.70. The summed E-state index contributed by atoms with van der Waals surface area (Å²) in [4.78, 5) is 22.9. The molecule has 8 heteroatoms. The van der Waals surface area contributed by atoms with Crippen LogP contribution in [0.25, 0.3) is 11.3 Å². The first-order chi connectivity index (χ1) is 17.4. The van der Waals surface area contributed by atoms with Crippen LogP contribution in [0.15, 0.2) is 42.9 Å². The van der Waals surface area contributed by atoms with Crippen molar-refractivity contribution in [2.45, 2.75) is 58.8 Å². The lowest BCUT2D eigenvalue weighted by Gasteiger charge is -2.18. The van der Waals surface area contributed by atoms with E-state index in [4.69, 9.17) is 14.6 Å². The van der Waals surface area contributed by atoms with Crippen molar-refractivity contribution in [1.29, 1.82) is 0 Å². The normalized spacial score (nSPS) is 14.0. The number of fused-ring (bicyclic) bond motifs is 1. The number of nitrogens with zero attached hydrogens (tertiary/aromatic N) is 3. The van der Waals surface area contributed by atoms with E-state index < -0.39 is 11.8 Å². The van der Waals surface area contributed by atoms with Gasteiger partial charge in [0.25, 0.3) is 0 Å². The Morgan fingerprint density at radius 2 is 1.89 bits per heavy atom. The summed E-state index contributed by atoms with van der Waals surface area (Å²) in [5, 5.41) is 8.85. The number of aromatic nitrogens is 3. The summed E-state index contributed by atoms with van der Waals surface area (Å²) in [6.07, 6.45) is 12.1. The molecule has 1 unspecified atom stereocenters. The molecule has 1 N–H and O–H groups in total. The van der Waals surface area contributed by atoms with Gasteiger partial charge in [-0.2, -0.15) is 0 Å². The first kappa shape index (κ1) is 27.0. The lowest BCUT2D eigenvalue weighted by molar-refractivity contribution is -0.141. The maximum absolute atomic E-state index is 13.7. The number of carbonyl (C=O) groups is 1. The van der Waals surface area contributed by atoms with Gasteiger partial charge in [-0.15, -0.1) is 0 Å². The van der Waals surface area contributed by atoms with Crippen LogP contribution in [0, 0.1) is 11.7 Å². The summed E-state index contributed by atoms with van der Waals surface area (Å²) < 4.78 is 24.3. The Hall–Kier alpha value is -3.55. The molecule has 2 aliphatic rings. The Balaban J connectivity index is 0.000000179. The zero-order chi connectivity index (χ0) is 25.9. The molecule has 1 aliphatic heterocycles. The van der Waals surface area contributed by atoms with Crippen molar-refractivity contribution in [2.75, 3.05) is 13.7 Å². The fraction of sp³-hybridized carbons (Fsp3) is 0.429. The van der Waals surface area contributed by atoms with Crippen LogP contribution in [-0.4, -0.2) is 39.7 Å². The van der Waals surface area contributed by atoms with E-state index in [9.17, 15) is 9.18 Å². The van der Waals surface area contributed by atoms with Crippen molar-refractivity contribution in [3.05, 3.63) is 65.5 Å². The largest absolute Gasteiger partial charge is 0.493 e. The third kappa shape index (κ3) is 8.00. The lowest BCUT2D eigenvalue weighted by Crippen LogP contribution is -2.13. The number of hydrogen-bond donors (Lipinski definition) is 1. The highest BCUT2D eigenvalue weighted by Crippen LogP contribution is 2.27. The summed E-state index contributed by atoms with van der Waals surface area (Å²) in [6.45, 7) is 4.44. The first-order valence-electron chi connectivity index (χ1n) is 12.4. The molecule has 7 nitrogen and oxygen atoms in total. The second-order valence-corrected chi connectivity index (χ2v) is 8.81. The van der Waals surface area contributed by atoms with E-state index in [1.807, 2.05) is 19.1 Å². The summed E-state index contributed by atoms with van der Waals surface area (Å²) in [5.41, 5.74) is 3.92. The number of carboxylic acid groups (broad SMARTS) is 1. The molecule has 1 aromatic carbocycles. The number of halogens is 1. The monoisotopic (exact) mass is 495 g/mol. The molecule has 1 atom stereocenters. The number of carboxylic acids is 1. The average Bonchev–Trinajstić information content (AvgIpc) is 3.79. The van der Waals surface area contributed by atoms with Crippen LogP contribution in [0.1, 0.15) is 56.4 Å². The standard InChI is InChI=1S/C13H16O3.C12H12FN3O.C3H6/c1-9(13(14)15)7-10-4-5-11-3-2-6-16-12(11)8-10;1-3-10-12(15-5-4-14-10)8-6-11(17-2)16-7-9(8)13;1-2-3-1/h4-5,8-9H,2-3,6-7H2,1H3,(H,14,15);4-7H,3H2,1-2H3;1-3H2. The minimum Gasteiger partial charge on any atom is -0.493 e. The topological polar surface area (TPSA) is 94.4 Å². The summed E-state index contributed by atoms with van der Waals surface area (Å²) in [5.74, 6) is -0.239. The number of benzene rings is 1. The van der Waals surface area contributed by atoms with Crippen LogP contribution < -0.4 is 9.47 Å². The maximum atomic E-state index is 13.7. The Kier molecular flexibility index (Phi) is 10.2. The Morgan fingerprint density at radius 1 is 1.14 bits per heavy atom. The number of methoxy groups -OCH3 is 1. The molecule has 36 heavy (non-hydrogen) atoms. The lowest BCUT2D eigenvalue weighted by atomic mass is 9.98. The predicted octanol–water partition coefficient (Wildman–Crippen LogP) is 5.69. The molecule has 3 heterocycles. The zero-order valence-electron chi connectivity index (χ0n) is 21.2. The number of pyridine rings is 1. The van der Waals surface area contributed by atoms with Gasteiger partial charge in [0.2, 0.25) is 5.88 Å². The number of hydrogen-bond acceptors (Lipinski definition) is 6. The van der Waals surface area contributed by atoms with Gasteiger partial charge < -0.3 is 14.6 Å². The molecule has 2 aromatic heterocycles. The molecule has 1 saturated carbocycles. The quantitative estimate of drug-likeness (QED) is 0.469. The van der Waals surface area contributed by atoms with Crippen LogP contribution in [0.3, 0.4) is 0 Å². The molecule has 0 spiro atoms. The van der Waals surface area contributed by atoms with E-state index >= 15 is 0 Å². The maximum Gasteiger partial charge on any atom is 0.306 e. The SMILES string of the molecule is C1CC1.CC(Cc1ccc2c(c1)OCCC2)C(=O)O.CCc1nccnc1-c1cc(OC)ncc1F. The van der Waals surface area contributed by atoms with Crippen LogP contribution in [0.5, 0.6) is 11.6 Å². The zero-order valence-corrected chi connectivity index (χ0v) is 21.2. The molecular weight excluding hydrogens is 461 g/mol. The second kappa shape index (κ2) is 13.5. The van der Waals surface area contributed by atoms with Crippen LogP contribution in [0.2, 0.25) is 0 Å². The first-order valence-corrected chi connectivity index (χ1v) is 12.4. The molecule has 0 bridgehead atoms. The van der Waals surface area contributed by atoms with E-state index in [-0.39, 0.29) is 5.92 Å². The fourth-order valence-electron chi connectivity index (χ4n) is 3.52. The van der Waals surface area contributed by atoms with Gasteiger partial charge in [0.1, 0.15) is 5.75 Å². The smallest absolute Gasteiger partial charge is 0.306 e. The number of ether oxygens (including phenoxy) is 2. The summed E-state index contributed by atoms with van der Waals surface area (Å²) in [6, 6.07) is 7.57. The van der Waals surface area contributed by atoms with Crippen molar-refractivity contribution in [3.63, 3.8) is 0 Å². The molecule has 5 rings (SSSR count). The number of rotatable bonds is 6. The second-order valence-electron chi connectivity index (χ2n) is 8.81. The Labute approximate surface area is 211 Å². The van der Waals surface area contributed by atoms with E-state index in [2.05, 4.69) is 21.0 Å². The van der Waals surface area contributed by atoms with Gasteiger partial charge in [-0.3, -0.25) is 14.8 Å². The van der Waals surface area contributed by atoms with Crippen LogP contribution in [-0.2, 0) is 24.1 Å². The highest BCUT2D eigenvalue weighted by Gasteiger charge is 2.15. The van der Waals surface area contributed by atoms with Crippen molar-refractivity contribution in [2.24, 2.45) is 5.92 Å². The average molecular weight is 496 g/mol. The Bertz CT molecular complexity index is 1150. The number of aryl methyl sites for hydroxylation is 2. The van der Waals surface area contributed by atoms with Crippen molar-refractivity contribution in [1.82, 2.24) is 15.0 Å². The van der Waals surface area contributed by atoms with Crippen molar-refractivity contribution < 1.29 is 23.8 Å². The summed E-state index contributed by atoms with van der Waals surface area (Å²) in [7, 11) is 1.49. The van der Waals surface area contributed by atoms with E-state index in [0.29, 0.717) is 30.0 Å². The van der Waals surface area contributed by atoms with Crippen molar-refractivity contribution in [3.8, 4) is 22.9 Å². The van der Waals surface area contributed by atoms with Gasteiger partial charge in [0.05, 0.1) is 37.2 Å². The van der Waals surface area contributed by atoms with Gasteiger partial charge in [0, 0.05) is 24.0 Å². The molecule has 192 valence electrons. The molecule has 3 aromatic rings. The predicted molar refractivity (Wildman–Crippen MR) is 136 cm³/mol. The van der Waals surface area contributed by atoms with Crippen LogP contribution in [0.4, 0.5) is 4.39 Å². The van der Waals surface area contributed by atoms with Crippen LogP contribution >= 0.6 is 0 Å². The molecule has 0 amide bonds. The minimum atomic E-state index is -0.751. The number of aliphatic carboxylic acids is 1. The van der Waals surface area contributed by atoms with Crippen molar-refractivity contribution >= 4 is 5.97 Å². The minimum absolute atomic E-state index is 0.346. The fourth-order valence-corrected chi connectivity index (χ4v) is 3.52. The van der Waals surface area contributed by atoms with Gasteiger partial charge in [-0.1, -0.05) is 45.2 Å². The molecular formula is C28H34FN3O4. The van der Waals surface area contributed by atoms with E-state index in [1.165, 1.54) is 38.0 Å². The third-order valence-corrected chi connectivity index (χ3v) is 5.70. The van der Waals surface area contributed by atoms with Gasteiger partial charge >= 0.3 is 5.97 Å². The van der Waals surface area contributed by atoms with Gasteiger partial charge in [0.15, 0.2) is 5.82 Å². The highest BCUT2D eigenvalue weighted by atomic mass is 19.1. The van der Waals surface area contributed by atoms with E-state index in [1.54, 1.807) is 19.3 Å². The van der Waals surface area contributed by atoms with E-state index in [0.717, 1.165) is 42.7 Å². The molecule has 1 aliphatic carbocycles. The third-order valence-electron chi connectivity index (χ3n) is 5.70. The van der Waals surface area contributed by atoms with Gasteiger partial charge in [-0.05, 0) is 42.9 Å². The summed E-state index contributed by atoms with van der Waals surface area (Å²) >= 11 is 0. The Morgan fingerprint density at radius 3 is 2.56 bits per heavy atom.